The molecule has 0 aromatic rings. The van der Waals surface area contributed by atoms with Crippen LogP contribution >= 0.6 is 11.8 Å². The normalized spacial score (nSPS) is 15.0. The minimum Gasteiger partial charge on any atom is -0.480 e. The summed E-state index contributed by atoms with van der Waals surface area (Å²) in [5.41, 5.74) is 21.7. The summed E-state index contributed by atoms with van der Waals surface area (Å²) < 4.78 is 0. The van der Waals surface area contributed by atoms with Crippen molar-refractivity contribution in [1.29, 1.82) is 0 Å². The Labute approximate surface area is 215 Å². The molecule has 3 amide bonds. The van der Waals surface area contributed by atoms with Crippen molar-refractivity contribution in [3.63, 3.8) is 0 Å². The SMILES string of the molecule is CSCCC(NC(=O)C(CCCN=C(N)N)NC(=O)C(N)C(C)O)C(=O)NC(CCCCN)C(=O)O. The van der Waals surface area contributed by atoms with E-state index in [4.69, 9.17) is 22.9 Å². The van der Waals surface area contributed by atoms with Crippen molar-refractivity contribution in [2.24, 2.45) is 27.9 Å². The summed E-state index contributed by atoms with van der Waals surface area (Å²) in [4.78, 5) is 53.8. The van der Waals surface area contributed by atoms with Crippen molar-refractivity contribution < 1.29 is 29.4 Å². The van der Waals surface area contributed by atoms with Crippen molar-refractivity contribution in [2.75, 3.05) is 25.1 Å². The van der Waals surface area contributed by atoms with Crippen LogP contribution in [0.25, 0.3) is 0 Å². The number of unbranched alkanes of at least 4 members (excludes halogenated alkanes) is 1. The molecule has 0 radical (unpaired) electrons. The summed E-state index contributed by atoms with van der Waals surface area (Å²) in [5.74, 6) is -2.86. The molecule has 0 aromatic heterocycles. The Morgan fingerprint density at radius 3 is 1.92 bits per heavy atom. The molecule has 0 fully saturated rings. The summed E-state index contributed by atoms with van der Waals surface area (Å²) in [6.07, 6.45) is 2.68. The molecule has 5 atom stereocenters. The van der Waals surface area contributed by atoms with Crippen LogP contribution in [0.5, 0.6) is 0 Å². The highest BCUT2D eigenvalue weighted by atomic mass is 32.2. The zero-order chi connectivity index (χ0) is 27.7. The van der Waals surface area contributed by atoms with Crippen LogP contribution in [0.4, 0.5) is 0 Å². The third kappa shape index (κ3) is 14.1. The number of nitrogens with zero attached hydrogens (tertiary/aromatic N) is 1. The maximum atomic E-state index is 13.1. The molecule has 15 heteroatoms. The number of carboxylic acid groups (broad SMARTS) is 1. The molecule has 0 aliphatic carbocycles. The molecule has 13 N–H and O–H groups in total. The van der Waals surface area contributed by atoms with Crippen molar-refractivity contribution in [1.82, 2.24) is 16.0 Å². The number of amides is 3. The maximum Gasteiger partial charge on any atom is 0.326 e. The van der Waals surface area contributed by atoms with Crippen LogP contribution in [0, 0.1) is 0 Å². The first-order chi connectivity index (χ1) is 16.9. The summed E-state index contributed by atoms with van der Waals surface area (Å²) in [6.45, 7) is 1.94. The van der Waals surface area contributed by atoms with E-state index in [9.17, 15) is 29.4 Å². The highest BCUT2D eigenvalue weighted by Crippen LogP contribution is 2.07. The van der Waals surface area contributed by atoms with Gasteiger partial charge in [0, 0.05) is 6.54 Å². The van der Waals surface area contributed by atoms with Crippen LogP contribution in [-0.2, 0) is 19.2 Å². The van der Waals surface area contributed by atoms with E-state index < -0.39 is 54.0 Å². The number of aliphatic imine (C=N–C) groups is 1. The molecule has 208 valence electrons. The zero-order valence-corrected chi connectivity index (χ0v) is 21.8. The van der Waals surface area contributed by atoms with Crippen LogP contribution in [0.3, 0.4) is 0 Å². The number of aliphatic carboxylic acids is 1. The molecule has 0 heterocycles. The first-order valence-electron chi connectivity index (χ1n) is 11.8. The molecule has 0 spiro atoms. The minimum absolute atomic E-state index is 0.120. The maximum absolute atomic E-state index is 13.1. The molecule has 0 saturated heterocycles. The summed E-state index contributed by atoms with van der Waals surface area (Å²) in [7, 11) is 0. The Bertz CT molecular complexity index is 735. The van der Waals surface area contributed by atoms with Crippen molar-refractivity contribution in [2.45, 2.75) is 75.7 Å². The highest BCUT2D eigenvalue weighted by Gasteiger charge is 2.30. The number of carboxylic acids is 1. The van der Waals surface area contributed by atoms with Gasteiger partial charge in [0.15, 0.2) is 5.96 Å². The predicted octanol–water partition coefficient (Wildman–Crippen LogP) is -2.83. The minimum atomic E-state index is -1.27. The molecule has 5 unspecified atom stereocenters. The Balaban J connectivity index is 5.52. The number of guanidine groups is 1. The monoisotopic (exact) mass is 534 g/mol. The largest absolute Gasteiger partial charge is 0.480 e. The Hall–Kier alpha value is -2.62. The second kappa shape index (κ2) is 18.6. The third-order valence-corrected chi connectivity index (χ3v) is 5.85. The van der Waals surface area contributed by atoms with Crippen molar-refractivity contribution >= 4 is 41.4 Å². The standard InChI is InChI=1S/C21H42N8O6S/c1-12(30)16(23)19(33)28-13(7-5-10-26-21(24)25)17(31)27-14(8-11-36-2)18(32)29-15(20(34)35)6-3-4-9-22/h12-16,30H,3-11,22-23H2,1-2H3,(H,27,31)(H,28,33)(H,29,32)(H,34,35)(H4,24,25,26). The molecule has 0 bridgehead atoms. The Morgan fingerprint density at radius 2 is 1.42 bits per heavy atom. The lowest BCUT2D eigenvalue weighted by molar-refractivity contribution is -0.142. The van der Waals surface area contributed by atoms with Gasteiger partial charge in [0.1, 0.15) is 24.2 Å². The second-order valence-corrected chi connectivity index (χ2v) is 9.29. The molecule has 0 aliphatic heterocycles. The number of carbonyl (C=O) groups excluding carboxylic acids is 3. The van der Waals surface area contributed by atoms with Gasteiger partial charge >= 0.3 is 5.97 Å². The van der Waals surface area contributed by atoms with E-state index in [-0.39, 0.29) is 31.8 Å². The molecule has 36 heavy (non-hydrogen) atoms. The summed E-state index contributed by atoms with van der Waals surface area (Å²) in [6, 6.07) is -4.53. The number of nitrogens with two attached hydrogens (primary N) is 4. The smallest absolute Gasteiger partial charge is 0.326 e. The number of thioether (sulfide) groups is 1. The summed E-state index contributed by atoms with van der Waals surface area (Å²) >= 11 is 1.45. The molecule has 0 rings (SSSR count). The van der Waals surface area contributed by atoms with Crippen molar-refractivity contribution in [3.05, 3.63) is 0 Å². The quantitative estimate of drug-likeness (QED) is 0.0463. The zero-order valence-electron chi connectivity index (χ0n) is 20.9. The molecule has 0 aliphatic rings. The fourth-order valence-electron chi connectivity index (χ4n) is 3.06. The van der Waals surface area contributed by atoms with Gasteiger partial charge < -0.3 is 49.1 Å². The van der Waals surface area contributed by atoms with Gasteiger partial charge in [-0.15, -0.1) is 0 Å². The lowest BCUT2D eigenvalue weighted by atomic mass is 10.1. The molecule has 14 nitrogen and oxygen atoms in total. The van der Waals surface area contributed by atoms with Crippen LogP contribution in [0.15, 0.2) is 4.99 Å². The highest BCUT2D eigenvalue weighted by molar-refractivity contribution is 7.98. The first kappa shape index (κ1) is 33.4. The van der Waals surface area contributed by atoms with E-state index in [1.807, 2.05) is 6.26 Å². The van der Waals surface area contributed by atoms with Gasteiger partial charge in [-0.05, 0) is 64.0 Å². The number of aliphatic hydroxyl groups excluding tert-OH is 1. The summed E-state index contributed by atoms with van der Waals surface area (Å²) in [5, 5.41) is 26.6. The predicted molar refractivity (Wildman–Crippen MR) is 139 cm³/mol. The average Bonchev–Trinajstić information content (AvgIpc) is 2.81. The topological polar surface area (TPSA) is 261 Å². The second-order valence-electron chi connectivity index (χ2n) is 8.30. The number of hydrogen-bond donors (Lipinski definition) is 9. The van der Waals surface area contributed by atoms with E-state index in [1.165, 1.54) is 18.7 Å². The van der Waals surface area contributed by atoms with Gasteiger partial charge in [-0.1, -0.05) is 0 Å². The number of aliphatic hydroxyl groups is 1. The van der Waals surface area contributed by atoms with Crippen LogP contribution in [0.1, 0.15) is 45.4 Å². The van der Waals surface area contributed by atoms with Gasteiger partial charge in [0.2, 0.25) is 17.7 Å². The van der Waals surface area contributed by atoms with Gasteiger partial charge in [0.05, 0.1) is 6.10 Å². The van der Waals surface area contributed by atoms with Gasteiger partial charge in [0.25, 0.3) is 0 Å². The fraction of sp³-hybridized carbons (Fsp3) is 0.762. The van der Waals surface area contributed by atoms with E-state index >= 15 is 0 Å². The van der Waals surface area contributed by atoms with E-state index in [0.717, 1.165) is 0 Å². The Morgan fingerprint density at radius 1 is 0.889 bits per heavy atom. The van der Waals surface area contributed by atoms with Gasteiger partial charge in [-0.2, -0.15) is 11.8 Å². The van der Waals surface area contributed by atoms with Gasteiger partial charge in [-0.3, -0.25) is 19.4 Å². The van der Waals surface area contributed by atoms with E-state index in [1.54, 1.807) is 0 Å². The Kier molecular flexibility index (Phi) is 17.3. The van der Waals surface area contributed by atoms with Crippen molar-refractivity contribution in [3.8, 4) is 0 Å². The molecular formula is C21H42N8O6S. The molecule has 0 aromatic carbocycles. The van der Waals surface area contributed by atoms with Crippen LogP contribution in [-0.4, -0.2) is 95.2 Å². The van der Waals surface area contributed by atoms with Gasteiger partial charge in [-0.25, -0.2) is 4.79 Å². The third-order valence-electron chi connectivity index (χ3n) is 5.21. The molecular weight excluding hydrogens is 492 g/mol. The lowest BCUT2D eigenvalue weighted by Gasteiger charge is -2.25. The van der Waals surface area contributed by atoms with E-state index in [0.29, 0.717) is 31.6 Å². The number of rotatable bonds is 19. The fourth-order valence-corrected chi connectivity index (χ4v) is 3.53. The molecule has 0 saturated carbocycles. The number of carbonyl (C=O) groups is 4. The van der Waals surface area contributed by atoms with Crippen LogP contribution < -0.4 is 38.9 Å². The number of hydrogen-bond acceptors (Lipinski definition) is 9. The first-order valence-corrected chi connectivity index (χ1v) is 13.2. The number of nitrogens with one attached hydrogen (secondary N) is 3. The lowest BCUT2D eigenvalue weighted by Crippen LogP contribution is -2.58. The van der Waals surface area contributed by atoms with E-state index in [2.05, 4.69) is 20.9 Å². The average molecular weight is 535 g/mol. The van der Waals surface area contributed by atoms with Crippen LogP contribution in [0.2, 0.25) is 0 Å².